The van der Waals surface area contributed by atoms with Crippen LogP contribution in [0.2, 0.25) is 5.02 Å². The van der Waals surface area contributed by atoms with Gasteiger partial charge >= 0.3 is 0 Å². The smallest absolute Gasteiger partial charge is 0.193 e. The fraction of sp³-hybridized carbons (Fsp3) is 0. The number of hydrogen-bond donors (Lipinski definition) is 1. The zero-order chi connectivity index (χ0) is 14.3. The van der Waals surface area contributed by atoms with Crippen LogP contribution in [0.3, 0.4) is 0 Å². The first-order valence-corrected chi connectivity index (χ1v) is 6.16. The van der Waals surface area contributed by atoms with Gasteiger partial charge in [0.05, 0.1) is 16.0 Å². The van der Waals surface area contributed by atoms with Crippen LogP contribution in [0.15, 0.2) is 51.7 Å². The predicted molar refractivity (Wildman–Crippen MR) is 74.6 cm³/mol. The number of fused-ring (bicyclic) bond motifs is 1. The molecule has 3 aromatic rings. The largest absolute Gasteiger partial charge is 0.504 e. The molecule has 3 rings (SSSR count). The SMILES string of the molecule is O=c1cc(-c2cccc(F)c2O)oc2c(Cl)cccc12. The van der Waals surface area contributed by atoms with E-state index in [9.17, 15) is 14.3 Å². The van der Waals surface area contributed by atoms with Crippen molar-refractivity contribution in [2.75, 3.05) is 0 Å². The molecule has 5 heteroatoms. The van der Waals surface area contributed by atoms with E-state index in [0.29, 0.717) is 5.39 Å². The minimum atomic E-state index is -0.788. The van der Waals surface area contributed by atoms with Crippen LogP contribution in [-0.4, -0.2) is 5.11 Å². The van der Waals surface area contributed by atoms with Gasteiger partial charge in [-0.15, -0.1) is 0 Å². The van der Waals surface area contributed by atoms with Gasteiger partial charge in [-0.1, -0.05) is 23.7 Å². The quantitative estimate of drug-likeness (QED) is 0.738. The molecule has 0 aliphatic carbocycles. The van der Waals surface area contributed by atoms with Crippen molar-refractivity contribution < 1.29 is 13.9 Å². The summed E-state index contributed by atoms with van der Waals surface area (Å²) < 4.78 is 18.9. The average molecular weight is 291 g/mol. The molecule has 0 saturated heterocycles. The fourth-order valence-corrected chi connectivity index (χ4v) is 2.20. The lowest BCUT2D eigenvalue weighted by Gasteiger charge is -2.06. The summed E-state index contributed by atoms with van der Waals surface area (Å²) in [5.41, 5.74) is -0.00309. The Labute approximate surface area is 117 Å². The predicted octanol–water partition coefficient (Wildman–Crippen LogP) is 3.96. The van der Waals surface area contributed by atoms with Crippen molar-refractivity contribution >= 4 is 22.6 Å². The van der Waals surface area contributed by atoms with Crippen molar-refractivity contribution in [2.24, 2.45) is 0 Å². The molecular formula is C15H8ClFO3. The molecule has 0 aliphatic rings. The Morgan fingerprint density at radius 3 is 2.70 bits per heavy atom. The van der Waals surface area contributed by atoms with E-state index in [-0.39, 0.29) is 27.4 Å². The molecule has 1 N–H and O–H groups in total. The first kappa shape index (κ1) is 12.7. The molecule has 100 valence electrons. The normalized spacial score (nSPS) is 10.9. The highest BCUT2D eigenvalue weighted by molar-refractivity contribution is 6.34. The van der Waals surface area contributed by atoms with Crippen molar-refractivity contribution in [2.45, 2.75) is 0 Å². The molecule has 0 aliphatic heterocycles. The second kappa shape index (κ2) is 4.65. The second-order valence-corrected chi connectivity index (χ2v) is 4.63. The number of aromatic hydroxyl groups is 1. The van der Waals surface area contributed by atoms with Crippen LogP contribution in [0.1, 0.15) is 0 Å². The molecule has 0 radical (unpaired) electrons. The Balaban J connectivity index is 2.36. The maximum atomic E-state index is 13.4. The van der Waals surface area contributed by atoms with Crippen molar-refractivity contribution in [1.29, 1.82) is 0 Å². The van der Waals surface area contributed by atoms with Gasteiger partial charge < -0.3 is 9.52 Å². The number of halogens is 2. The first-order chi connectivity index (χ1) is 9.58. The van der Waals surface area contributed by atoms with Crippen LogP contribution in [0.5, 0.6) is 5.75 Å². The van der Waals surface area contributed by atoms with Crippen LogP contribution in [0.25, 0.3) is 22.3 Å². The third-order valence-electron chi connectivity index (χ3n) is 2.96. The van der Waals surface area contributed by atoms with Gasteiger partial charge in [0.2, 0.25) is 0 Å². The van der Waals surface area contributed by atoms with E-state index in [1.807, 2.05) is 0 Å². The maximum absolute atomic E-state index is 13.4. The lowest BCUT2D eigenvalue weighted by atomic mass is 10.1. The number of rotatable bonds is 1. The summed E-state index contributed by atoms with van der Waals surface area (Å²) >= 11 is 5.99. The van der Waals surface area contributed by atoms with Crippen molar-refractivity contribution in [3.63, 3.8) is 0 Å². The van der Waals surface area contributed by atoms with Crippen molar-refractivity contribution in [3.05, 3.63) is 63.5 Å². The number of benzene rings is 2. The second-order valence-electron chi connectivity index (χ2n) is 4.23. The van der Waals surface area contributed by atoms with Gasteiger partial charge in [-0.2, -0.15) is 0 Å². The van der Waals surface area contributed by atoms with E-state index in [0.717, 1.165) is 6.07 Å². The minimum absolute atomic E-state index is 0.0626. The highest BCUT2D eigenvalue weighted by Gasteiger charge is 2.14. The van der Waals surface area contributed by atoms with E-state index in [1.54, 1.807) is 18.2 Å². The van der Waals surface area contributed by atoms with Gasteiger partial charge in [-0.05, 0) is 24.3 Å². The Morgan fingerprint density at radius 2 is 1.90 bits per heavy atom. The molecule has 0 spiro atoms. The highest BCUT2D eigenvalue weighted by atomic mass is 35.5. The maximum Gasteiger partial charge on any atom is 0.193 e. The van der Waals surface area contributed by atoms with Gasteiger partial charge in [0.15, 0.2) is 22.6 Å². The molecule has 1 heterocycles. The molecule has 0 atom stereocenters. The topological polar surface area (TPSA) is 50.4 Å². The van der Waals surface area contributed by atoms with E-state index >= 15 is 0 Å². The summed E-state index contributed by atoms with van der Waals surface area (Å²) in [7, 11) is 0. The lowest BCUT2D eigenvalue weighted by Crippen LogP contribution is -2.00. The molecule has 20 heavy (non-hydrogen) atoms. The van der Waals surface area contributed by atoms with Gasteiger partial charge in [0, 0.05) is 6.07 Å². The summed E-state index contributed by atoms with van der Waals surface area (Å²) in [5.74, 6) is -1.29. The molecular weight excluding hydrogens is 283 g/mol. The van der Waals surface area contributed by atoms with E-state index in [1.165, 1.54) is 18.2 Å². The monoisotopic (exact) mass is 290 g/mol. The summed E-state index contributed by atoms with van der Waals surface area (Å²) in [5, 5.41) is 10.3. The third kappa shape index (κ3) is 1.94. The molecule has 0 unspecified atom stereocenters. The molecule has 3 nitrogen and oxygen atoms in total. The lowest BCUT2D eigenvalue weighted by molar-refractivity contribution is 0.432. The Hall–Kier alpha value is -2.33. The highest BCUT2D eigenvalue weighted by Crippen LogP contribution is 2.33. The number of phenols is 1. The Kier molecular flexibility index (Phi) is 2.95. The van der Waals surface area contributed by atoms with Crippen LogP contribution >= 0.6 is 11.6 Å². The molecule has 0 bridgehead atoms. The van der Waals surface area contributed by atoms with E-state index < -0.39 is 11.6 Å². The molecule has 0 amide bonds. The van der Waals surface area contributed by atoms with Crippen LogP contribution < -0.4 is 5.43 Å². The summed E-state index contributed by atoms with van der Waals surface area (Å²) in [6, 6.07) is 10.0. The fourth-order valence-electron chi connectivity index (χ4n) is 1.99. The number of hydrogen-bond acceptors (Lipinski definition) is 3. The first-order valence-electron chi connectivity index (χ1n) is 5.78. The molecule has 0 fully saturated rings. The minimum Gasteiger partial charge on any atom is -0.504 e. The summed E-state index contributed by atoms with van der Waals surface area (Å²) in [4.78, 5) is 12.0. The summed E-state index contributed by atoms with van der Waals surface area (Å²) in [6.07, 6.45) is 0. The number of para-hydroxylation sites is 2. The van der Waals surface area contributed by atoms with Crippen molar-refractivity contribution in [1.82, 2.24) is 0 Å². The van der Waals surface area contributed by atoms with Crippen LogP contribution in [0, 0.1) is 5.82 Å². The summed E-state index contributed by atoms with van der Waals surface area (Å²) in [6.45, 7) is 0. The zero-order valence-corrected chi connectivity index (χ0v) is 10.8. The zero-order valence-electron chi connectivity index (χ0n) is 10.1. The van der Waals surface area contributed by atoms with E-state index in [2.05, 4.69) is 0 Å². The third-order valence-corrected chi connectivity index (χ3v) is 3.26. The van der Waals surface area contributed by atoms with Gasteiger partial charge in [-0.3, -0.25) is 4.79 Å². The van der Waals surface area contributed by atoms with Crippen LogP contribution in [-0.2, 0) is 0 Å². The molecule has 1 aromatic heterocycles. The standard InChI is InChI=1S/C15H8ClFO3/c16-10-5-1-3-8-12(18)7-13(20-15(8)10)9-4-2-6-11(17)14(9)19/h1-7,19H. The van der Waals surface area contributed by atoms with Crippen molar-refractivity contribution in [3.8, 4) is 17.1 Å². The van der Waals surface area contributed by atoms with Crippen LogP contribution in [0.4, 0.5) is 4.39 Å². The molecule has 0 saturated carbocycles. The van der Waals surface area contributed by atoms with Gasteiger partial charge in [-0.25, -0.2) is 4.39 Å². The Bertz CT molecular complexity index is 871. The Morgan fingerprint density at radius 1 is 1.15 bits per heavy atom. The number of phenolic OH excluding ortho intramolecular Hbond substituents is 1. The van der Waals surface area contributed by atoms with E-state index in [4.69, 9.17) is 16.0 Å². The van der Waals surface area contributed by atoms with Gasteiger partial charge in [0.25, 0.3) is 0 Å². The average Bonchev–Trinajstić information content (AvgIpc) is 2.43. The molecule has 2 aromatic carbocycles. The van der Waals surface area contributed by atoms with Gasteiger partial charge in [0.1, 0.15) is 5.76 Å².